The quantitative estimate of drug-likeness (QED) is 0.883. The molecule has 4 heteroatoms. The zero-order valence-electron chi connectivity index (χ0n) is 15.8. The molecule has 1 aliphatic heterocycles. The van der Waals surface area contributed by atoms with Gasteiger partial charge in [-0.3, -0.25) is 4.79 Å². The number of hydrogen-bond donors (Lipinski definition) is 1. The molecule has 0 radical (unpaired) electrons. The summed E-state index contributed by atoms with van der Waals surface area (Å²) in [4.78, 5) is 15.0. The lowest BCUT2D eigenvalue weighted by Crippen LogP contribution is -2.34. The maximum absolute atomic E-state index is 14.5. The fourth-order valence-corrected chi connectivity index (χ4v) is 4.42. The summed E-state index contributed by atoms with van der Waals surface area (Å²) >= 11 is 0. The van der Waals surface area contributed by atoms with Crippen molar-refractivity contribution in [3.8, 4) is 11.1 Å². The average Bonchev–Trinajstić information content (AvgIpc) is 3.46. The Bertz CT molecular complexity index is 850. The van der Waals surface area contributed by atoms with E-state index in [2.05, 4.69) is 6.07 Å². The van der Waals surface area contributed by atoms with Crippen LogP contribution in [0.2, 0.25) is 0 Å². The van der Waals surface area contributed by atoms with Crippen LogP contribution in [0.25, 0.3) is 11.1 Å². The van der Waals surface area contributed by atoms with E-state index in [1.807, 2.05) is 36.1 Å². The largest absolute Gasteiger partial charge is 0.342 e. The summed E-state index contributed by atoms with van der Waals surface area (Å²) in [5, 5.41) is 0. The number of likely N-dealkylation sites (tertiary alicyclic amines) is 1. The molecule has 3 atom stereocenters. The topological polar surface area (TPSA) is 46.3 Å². The summed E-state index contributed by atoms with van der Waals surface area (Å²) in [5.41, 5.74) is 9.78. The molecular formula is C23H27FN2O. The zero-order valence-corrected chi connectivity index (χ0v) is 15.8. The van der Waals surface area contributed by atoms with Crippen LogP contribution in [0, 0.1) is 18.7 Å². The number of halogens is 1. The number of amides is 1. The third-order valence-electron chi connectivity index (χ3n) is 6.04. The van der Waals surface area contributed by atoms with E-state index >= 15 is 0 Å². The highest BCUT2D eigenvalue weighted by molar-refractivity contribution is 5.84. The summed E-state index contributed by atoms with van der Waals surface area (Å²) in [7, 11) is 0. The number of benzene rings is 2. The molecule has 142 valence electrons. The Morgan fingerprint density at radius 2 is 1.93 bits per heavy atom. The summed E-state index contributed by atoms with van der Waals surface area (Å²) in [6.07, 6.45) is 3.71. The van der Waals surface area contributed by atoms with E-state index in [-0.39, 0.29) is 29.6 Å². The van der Waals surface area contributed by atoms with Gasteiger partial charge >= 0.3 is 0 Å². The second-order valence-corrected chi connectivity index (χ2v) is 7.98. The Hall–Kier alpha value is -2.20. The van der Waals surface area contributed by atoms with E-state index < -0.39 is 0 Å². The fourth-order valence-electron chi connectivity index (χ4n) is 4.42. The minimum atomic E-state index is -0.210. The monoisotopic (exact) mass is 366 g/mol. The average molecular weight is 366 g/mol. The highest BCUT2D eigenvalue weighted by Crippen LogP contribution is 2.52. The molecule has 2 aromatic carbocycles. The van der Waals surface area contributed by atoms with Gasteiger partial charge in [0.25, 0.3) is 0 Å². The van der Waals surface area contributed by atoms with E-state index in [4.69, 9.17) is 5.73 Å². The van der Waals surface area contributed by atoms with Crippen molar-refractivity contribution in [2.24, 2.45) is 11.7 Å². The van der Waals surface area contributed by atoms with Crippen molar-refractivity contribution >= 4 is 5.91 Å². The van der Waals surface area contributed by atoms with Crippen molar-refractivity contribution in [3.63, 3.8) is 0 Å². The number of aryl methyl sites for hydroxylation is 1. The van der Waals surface area contributed by atoms with Gasteiger partial charge in [0.2, 0.25) is 5.91 Å². The molecule has 1 aliphatic carbocycles. The zero-order chi connectivity index (χ0) is 19.0. The van der Waals surface area contributed by atoms with Crippen molar-refractivity contribution < 1.29 is 9.18 Å². The first kappa shape index (κ1) is 18.2. The summed E-state index contributed by atoms with van der Waals surface area (Å²) < 4.78 is 14.5. The lowest BCUT2D eigenvalue weighted by Gasteiger charge is -2.21. The first-order chi connectivity index (χ1) is 13.1. The fraction of sp³-hybridized carbons (Fsp3) is 0.435. The van der Waals surface area contributed by atoms with Crippen LogP contribution in [0.1, 0.15) is 42.7 Å². The first-order valence-corrected chi connectivity index (χ1v) is 9.95. The molecule has 1 saturated carbocycles. The van der Waals surface area contributed by atoms with Gasteiger partial charge in [-0.15, -0.1) is 0 Å². The van der Waals surface area contributed by atoms with Crippen LogP contribution in [0.15, 0.2) is 42.5 Å². The molecule has 0 aromatic heterocycles. The molecule has 3 nitrogen and oxygen atoms in total. The van der Waals surface area contributed by atoms with Crippen molar-refractivity contribution in [2.45, 2.75) is 44.6 Å². The van der Waals surface area contributed by atoms with E-state index in [0.717, 1.165) is 55.5 Å². The van der Waals surface area contributed by atoms with Gasteiger partial charge in [-0.25, -0.2) is 4.39 Å². The van der Waals surface area contributed by atoms with Gasteiger partial charge in [0.15, 0.2) is 0 Å². The van der Waals surface area contributed by atoms with Gasteiger partial charge < -0.3 is 10.6 Å². The highest BCUT2D eigenvalue weighted by Gasteiger charge is 2.47. The Morgan fingerprint density at radius 1 is 1.11 bits per heavy atom. The maximum atomic E-state index is 14.5. The van der Waals surface area contributed by atoms with E-state index in [0.29, 0.717) is 5.56 Å². The maximum Gasteiger partial charge on any atom is 0.226 e. The van der Waals surface area contributed by atoms with E-state index in [9.17, 15) is 9.18 Å². The first-order valence-electron chi connectivity index (χ1n) is 9.95. The second kappa shape index (κ2) is 7.43. The molecule has 1 saturated heterocycles. The minimum absolute atomic E-state index is 0.0200. The van der Waals surface area contributed by atoms with Crippen LogP contribution in [-0.4, -0.2) is 29.9 Å². The van der Waals surface area contributed by atoms with Gasteiger partial charge in [0.1, 0.15) is 5.82 Å². The van der Waals surface area contributed by atoms with Gasteiger partial charge in [0.05, 0.1) is 0 Å². The highest BCUT2D eigenvalue weighted by atomic mass is 19.1. The Balaban J connectivity index is 1.58. The van der Waals surface area contributed by atoms with E-state index in [1.54, 1.807) is 6.07 Å². The van der Waals surface area contributed by atoms with Crippen LogP contribution in [0.5, 0.6) is 0 Å². The van der Waals surface area contributed by atoms with Crippen LogP contribution in [0.4, 0.5) is 4.39 Å². The molecule has 2 aromatic rings. The normalized spacial score (nSPS) is 25.1. The van der Waals surface area contributed by atoms with Crippen LogP contribution >= 0.6 is 0 Å². The number of carbonyl (C=O) groups is 1. The SMILES string of the molecule is Cc1cccc(C2CC2C(=O)N2CCCC(N)CC2)c1-c1ccccc1F. The molecule has 4 rings (SSSR count). The number of nitrogens with zero attached hydrogens (tertiary/aromatic N) is 1. The Morgan fingerprint density at radius 3 is 2.74 bits per heavy atom. The predicted molar refractivity (Wildman–Crippen MR) is 106 cm³/mol. The number of rotatable bonds is 3. The van der Waals surface area contributed by atoms with Crippen molar-refractivity contribution in [3.05, 3.63) is 59.4 Å². The predicted octanol–water partition coefficient (Wildman–Crippen LogP) is 4.24. The Kier molecular flexibility index (Phi) is 5.00. The summed E-state index contributed by atoms with van der Waals surface area (Å²) in [6.45, 7) is 3.58. The van der Waals surface area contributed by atoms with Crippen LogP contribution in [-0.2, 0) is 4.79 Å². The second-order valence-electron chi connectivity index (χ2n) is 7.98. The smallest absolute Gasteiger partial charge is 0.226 e. The van der Waals surface area contributed by atoms with Crippen LogP contribution in [0.3, 0.4) is 0 Å². The molecule has 27 heavy (non-hydrogen) atoms. The molecule has 2 aliphatic rings. The lowest BCUT2D eigenvalue weighted by molar-refractivity contribution is -0.132. The van der Waals surface area contributed by atoms with Crippen molar-refractivity contribution in [1.29, 1.82) is 0 Å². The third kappa shape index (κ3) is 3.63. The minimum Gasteiger partial charge on any atom is -0.342 e. The van der Waals surface area contributed by atoms with E-state index in [1.165, 1.54) is 6.07 Å². The Labute approximate surface area is 160 Å². The van der Waals surface area contributed by atoms with Gasteiger partial charge in [-0.2, -0.15) is 0 Å². The summed E-state index contributed by atoms with van der Waals surface area (Å²) in [5.74, 6) is 0.240. The van der Waals surface area contributed by atoms with Gasteiger partial charge in [-0.05, 0) is 61.3 Å². The molecule has 1 amide bonds. The lowest BCUT2D eigenvalue weighted by atomic mass is 9.91. The van der Waals surface area contributed by atoms with Crippen molar-refractivity contribution in [1.82, 2.24) is 4.90 Å². The molecule has 0 bridgehead atoms. The molecular weight excluding hydrogens is 339 g/mol. The molecule has 2 fully saturated rings. The van der Waals surface area contributed by atoms with Crippen LogP contribution < -0.4 is 5.73 Å². The van der Waals surface area contributed by atoms with Gasteiger partial charge in [-0.1, -0.05) is 36.4 Å². The molecule has 3 unspecified atom stereocenters. The molecule has 2 N–H and O–H groups in total. The van der Waals surface area contributed by atoms with Crippen molar-refractivity contribution in [2.75, 3.05) is 13.1 Å². The molecule has 0 spiro atoms. The summed E-state index contributed by atoms with van der Waals surface area (Å²) in [6, 6.07) is 13.2. The van der Waals surface area contributed by atoms with Gasteiger partial charge in [0, 0.05) is 30.6 Å². The number of hydrogen-bond acceptors (Lipinski definition) is 2. The third-order valence-corrected chi connectivity index (χ3v) is 6.04. The molecule has 1 heterocycles. The standard InChI is InChI=1S/C23H27FN2O/c1-15-6-4-9-17(22(15)18-8-2-3-10-21(18)24)19-14-20(19)23(27)26-12-5-7-16(25)11-13-26/h2-4,6,8-10,16,19-20H,5,7,11-14,25H2,1H3. The number of nitrogens with two attached hydrogens (primary N) is 1. The number of carbonyl (C=O) groups excluding carboxylic acids is 1.